The van der Waals surface area contributed by atoms with Gasteiger partial charge in [-0.1, -0.05) is 15.9 Å². The van der Waals surface area contributed by atoms with E-state index in [-0.39, 0.29) is 5.91 Å². The SMILES string of the molecule is O=C(NCC1CCNCC1)c1cc(Br)ccc1I. The Morgan fingerprint density at radius 2 is 2.17 bits per heavy atom. The minimum absolute atomic E-state index is 0.0271. The van der Waals surface area contributed by atoms with Gasteiger partial charge in [-0.2, -0.15) is 0 Å². The summed E-state index contributed by atoms with van der Waals surface area (Å²) in [5.74, 6) is 0.638. The Labute approximate surface area is 129 Å². The Morgan fingerprint density at radius 1 is 1.44 bits per heavy atom. The van der Waals surface area contributed by atoms with Crippen LogP contribution in [-0.2, 0) is 0 Å². The zero-order valence-electron chi connectivity index (χ0n) is 10.0. The fourth-order valence-electron chi connectivity index (χ4n) is 2.09. The van der Waals surface area contributed by atoms with Crippen LogP contribution in [0.4, 0.5) is 0 Å². The largest absolute Gasteiger partial charge is 0.352 e. The summed E-state index contributed by atoms with van der Waals surface area (Å²) in [6.07, 6.45) is 2.30. The quantitative estimate of drug-likeness (QED) is 0.735. The highest BCUT2D eigenvalue weighted by Gasteiger charge is 2.15. The van der Waals surface area contributed by atoms with E-state index in [2.05, 4.69) is 49.2 Å². The number of hydrogen-bond donors (Lipinski definition) is 2. The third-order valence-electron chi connectivity index (χ3n) is 3.18. The topological polar surface area (TPSA) is 41.1 Å². The molecule has 1 aliphatic heterocycles. The second-order valence-electron chi connectivity index (χ2n) is 4.53. The Morgan fingerprint density at radius 3 is 2.89 bits per heavy atom. The molecule has 0 radical (unpaired) electrons. The van der Waals surface area contributed by atoms with E-state index in [4.69, 9.17) is 0 Å². The first-order valence-electron chi connectivity index (χ1n) is 6.11. The van der Waals surface area contributed by atoms with Gasteiger partial charge in [0, 0.05) is 14.6 Å². The van der Waals surface area contributed by atoms with Gasteiger partial charge in [0.2, 0.25) is 0 Å². The highest BCUT2D eigenvalue weighted by Crippen LogP contribution is 2.18. The molecule has 1 saturated heterocycles. The zero-order chi connectivity index (χ0) is 13.0. The van der Waals surface area contributed by atoms with Gasteiger partial charge in [-0.05, 0) is 72.6 Å². The van der Waals surface area contributed by atoms with Crippen molar-refractivity contribution in [2.24, 2.45) is 5.92 Å². The van der Waals surface area contributed by atoms with Crippen LogP contribution in [0.3, 0.4) is 0 Å². The van der Waals surface area contributed by atoms with Gasteiger partial charge < -0.3 is 10.6 Å². The van der Waals surface area contributed by atoms with E-state index in [0.29, 0.717) is 5.92 Å². The average molecular weight is 423 g/mol. The van der Waals surface area contributed by atoms with E-state index in [1.54, 1.807) is 0 Å². The smallest absolute Gasteiger partial charge is 0.252 e. The van der Waals surface area contributed by atoms with Crippen molar-refractivity contribution in [1.82, 2.24) is 10.6 Å². The first-order valence-corrected chi connectivity index (χ1v) is 7.98. The highest BCUT2D eigenvalue weighted by atomic mass is 127. The molecule has 0 saturated carbocycles. The lowest BCUT2D eigenvalue weighted by Crippen LogP contribution is -2.36. The number of hydrogen-bond acceptors (Lipinski definition) is 2. The molecule has 1 aliphatic rings. The van der Waals surface area contributed by atoms with E-state index in [1.807, 2.05) is 18.2 Å². The van der Waals surface area contributed by atoms with E-state index in [1.165, 1.54) is 0 Å². The van der Waals surface area contributed by atoms with E-state index in [9.17, 15) is 4.79 Å². The molecule has 0 aliphatic carbocycles. The van der Waals surface area contributed by atoms with Crippen LogP contribution < -0.4 is 10.6 Å². The molecule has 3 nitrogen and oxygen atoms in total. The van der Waals surface area contributed by atoms with Crippen molar-refractivity contribution in [3.8, 4) is 0 Å². The summed E-state index contributed by atoms with van der Waals surface area (Å²) in [4.78, 5) is 12.1. The molecule has 2 N–H and O–H groups in total. The number of piperidine rings is 1. The lowest BCUT2D eigenvalue weighted by atomic mass is 9.98. The number of rotatable bonds is 3. The van der Waals surface area contributed by atoms with Crippen LogP contribution in [0.2, 0.25) is 0 Å². The lowest BCUT2D eigenvalue weighted by Gasteiger charge is -2.22. The van der Waals surface area contributed by atoms with Crippen molar-refractivity contribution in [1.29, 1.82) is 0 Å². The molecule has 5 heteroatoms. The molecule has 1 amide bonds. The van der Waals surface area contributed by atoms with Crippen LogP contribution in [0.1, 0.15) is 23.2 Å². The average Bonchev–Trinajstić information content (AvgIpc) is 2.40. The van der Waals surface area contributed by atoms with Crippen LogP contribution in [-0.4, -0.2) is 25.5 Å². The van der Waals surface area contributed by atoms with Crippen molar-refractivity contribution in [3.05, 3.63) is 31.8 Å². The fraction of sp³-hybridized carbons (Fsp3) is 0.462. The number of nitrogens with one attached hydrogen (secondary N) is 2. The first kappa shape index (κ1) is 14.3. The molecule has 18 heavy (non-hydrogen) atoms. The lowest BCUT2D eigenvalue weighted by molar-refractivity contribution is 0.0943. The third kappa shape index (κ3) is 3.93. The van der Waals surface area contributed by atoms with E-state index < -0.39 is 0 Å². The standard InChI is InChI=1S/C13H16BrIN2O/c14-10-1-2-12(15)11(7-10)13(18)17-8-9-3-5-16-6-4-9/h1-2,7,9,16H,3-6,8H2,(H,17,18). The van der Waals surface area contributed by atoms with Crippen LogP contribution in [0.15, 0.2) is 22.7 Å². The first-order chi connectivity index (χ1) is 8.66. The maximum absolute atomic E-state index is 12.1. The van der Waals surface area contributed by atoms with Gasteiger partial charge in [-0.25, -0.2) is 0 Å². The molecule has 1 fully saturated rings. The highest BCUT2D eigenvalue weighted by molar-refractivity contribution is 14.1. The third-order valence-corrected chi connectivity index (χ3v) is 4.62. The minimum Gasteiger partial charge on any atom is -0.352 e. The van der Waals surface area contributed by atoms with Gasteiger partial charge >= 0.3 is 0 Å². The maximum atomic E-state index is 12.1. The Balaban J connectivity index is 1.92. The molecule has 98 valence electrons. The number of benzene rings is 1. The summed E-state index contributed by atoms with van der Waals surface area (Å²) < 4.78 is 1.92. The second kappa shape index (κ2) is 6.86. The number of carbonyl (C=O) groups is 1. The molecule has 1 heterocycles. The van der Waals surface area contributed by atoms with Crippen molar-refractivity contribution >= 4 is 44.4 Å². The van der Waals surface area contributed by atoms with Crippen LogP contribution >= 0.6 is 38.5 Å². The summed E-state index contributed by atoms with van der Waals surface area (Å²) in [5.41, 5.74) is 0.749. The van der Waals surface area contributed by atoms with Gasteiger partial charge in [-0.3, -0.25) is 4.79 Å². The van der Waals surface area contributed by atoms with Gasteiger partial charge in [0.25, 0.3) is 5.91 Å². The van der Waals surface area contributed by atoms with Crippen molar-refractivity contribution in [3.63, 3.8) is 0 Å². The zero-order valence-corrected chi connectivity index (χ0v) is 13.8. The monoisotopic (exact) mass is 422 g/mol. The van der Waals surface area contributed by atoms with Crippen LogP contribution in [0, 0.1) is 9.49 Å². The second-order valence-corrected chi connectivity index (χ2v) is 6.61. The molecular weight excluding hydrogens is 407 g/mol. The molecule has 2 rings (SSSR count). The Hall–Kier alpha value is -0.140. The summed E-state index contributed by atoms with van der Waals surface area (Å²) in [6.45, 7) is 2.91. The van der Waals surface area contributed by atoms with Crippen molar-refractivity contribution < 1.29 is 4.79 Å². The number of carbonyl (C=O) groups excluding carboxylic acids is 1. The van der Waals surface area contributed by atoms with Crippen LogP contribution in [0.5, 0.6) is 0 Å². The van der Waals surface area contributed by atoms with Gasteiger partial charge in [0.15, 0.2) is 0 Å². The molecule has 1 aromatic carbocycles. The predicted octanol–water partition coefficient (Wildman–Crippen LogP) is 2.78. The molecule has 0 atom stereocenters. The molecule has 0 bridgehead atoms. The summed E-state index contributed by atoms with van der Waals surface area (Å²) in [7, 11) is 0. The van der Waals surface area contributed by atoms with Crippen LogP contribution in [0.25, 0.3) is 0 Å². The Bertz CT molecular complexity index is 433. The molecule has 1 aromatic rings. The minimum atomic E-state index is 0.0271. The summed E-state index contributed by atoms with van der Waals surface area (Å²) in [5, 5.41) is 6.37. The maximum Gasteiger partial charge on any atom is 0.252 e. The van der Waals surface area contributed by atoms with Gasteiger partial charge in [-0.15, -0.1) is 0 Å². The molecule has 0 aromatic heterocycles. The van der Waals surface area contributed by atoms with Crippen molar-refractivity contribution in [2.75, 3.05) is 19.6 Å². The van der Waals surface area contributed by atoms with E-state index >= 15 is 0 Å². The van der Waals surface area contributed by atoms with Gasteiger partial charge in [0.1, 0.15) is 0 Å². The molecule has 0 unspecified atom stereocenters. The number of halogens is 2. The number of amides is 1. The van der Waals surface area contributed by atoms with E-state index in [0.717, 1.165) is 46.1 Å². The molecular formula is C13H16BrIN2O. The fourth-order valence-corrected chi connectivity index (χ4v) is 3.03. The van der Waals surface area contributed by atoms with Crippen molar-refractivity contribution in [2.45, 2.75) is 12.8 Å². The molecule has 0 spiro atoms. The Kier molecular flexibility index (Phi) is 5.44. The summed E-state index contributed by atoms with van der Waals surface area (Å²) >= 11 is 5.60. The van der Waals surface area contributed by atoms with Gasteiger partial charge in [0.05, 0.1) is 5.56 Å². The predicted molar refractivity (Wildman–Crippen MR) is 84.8 cm³/mol. The summed E-state index contributed by atoms with van der Waals surface area (Å²) in [6, 6.07) is 5.77. The normalized spacial score (nSPS) is 16.6.